The molecule has 0 fully saturated rings. The van der Waals surface area contributed by atoms with Crippen LogP contribution in [-0.2, 0) is 0 Å². The van der Waals surface area contributed by atoms with Crippen LogP contribution < -0.4 is 0 Å². The predicted molar refractivity (Wildman–Crippen MR) is 53.9 cm³/mol. The molecule has 0 spiro atoms. The van der Waals surface area contributed by atoms with Gasteiger partial charge in [0.15, 0.2) is 0 Å². The molecule has 1 radical (unpaired) electrons. The number of hydrogen-bond acceptors (Lipinski definition) is 0. The van der Waals surface area contributed by atoms with E-state index in [-0.39, 0.29) is 43.5 Å². The summed E-state index contributed by atoms with van der Waals surface area (Å²) in [4.78, 5) is 0. The number of hydrogen-bond donors (Lipinski definition) is 0. The maximum Gasteiger partial charge on any atom is 3.00 e. The second-order valence-corrected chi connectivity index (χ2v) is 0.866. The van der Waals surface area contributed by atoms with Gasteiger partial charge < -0.3 is 0 Å². The molecular formula is C9H16ClU. The number of halogens is 1. The topological polar surface area (TPSA) is 0 Å². The molecule has 0 nitrogen and oxygen atoms in total. The largest absolute Gasteiger partial charge is 3.00 e. The Morgan fingerprint density at radius 3 is 0.727 bits per heavy atom. The average molecular weight is 398 g/mol. The maximum atomic E-state index is 3.25. The first-order chi connectivity index (χ1) is 4.24. The fourth-order valence-corrected chi connectivity index (χ4v) is 0. The van der Waals surface area contributed by atoms with Crippen molar-refractivity contribution in [2.24, 2.45) is 0 Å². The molecule has 0 aromatic heterocycles. The molecule has 0 aliphatic heterocycles. The van der Waals surface area contributed by atoms with Crippen LogP contribution in [0.15, 0.2) is 38.0 Å². The van der Waals surface area contributed by atoms with Crippen LogP contribution in [-0.4, -0.2) is 0 Å². The minimum atomic E-state index is 0. The van der Waals surface area contributed by atoms with Gasteiger partial charge in [-0.3, -0.25) is 0 Å². The van der Waals surface area contributed by atoms with Crippen LogP contribution in [0, 0.1) is 51.9 Å². The molecule has 0 saturated carbocycles. The summed E-state index contributed by atoms with van der Waals surface area (Å²) in [5.74, 6) is 0. The Balaban J connectivity index is -0.0000000150. The summed E-state index contributed by atoms with van der Waals surface area (Å²) in [5.41, 5.74) is 0. The molecule has 0 aromatic rings. The Hall–Kier alpha value is 0.172. The van der Waals surface area contributed by atoms with E-state index in [4.69, 9.17) is 0 Å². The van der Waals surface area contributed by atoms with Gasteiger partial charge in [-0.25, -0.2) is 58.7 Å². The maximum absolute atomic E-state index is 3.25. The minimum absolute atomic E-state index is 0. The summed E-state index contributed by atoms with van der Waals surface area (Å²) in [6.07, 6.45) is 4.50. The van der Waals surface area contributed by atoms with Gasteiger partial charge in [-0.2, -0.15) is 0 Å². The van der Waals surface area contributed by atoms with E-state index < -0.39 is 0 Å². The van der Waals surface area contributed by atoms with Crippen molar-refractivity contribution in [2.45, 2.75) is 0 Å². The third kappa shape index (κ3) is 23000. The molecular weight excluding hydrogens is 382 g/mol. The first-order valence-electron chi connectivity index (χ1n) is 2.45. The van der Waals surface area contributed by atoms with E-state index in [2.05, 4.69) is 40.5 Å². The molecule has 0 aliphatic rings. The summed E-state index contributed by atoms with van der Waals surface area (Å²) >= 11 is 0. The molecule has 0 atom stereocenters. The second kappa shape index (κ2) is 85.1. The summed E-state index contributed by atoms with van der Waals surface area (Å²) in [5, 5.41) is 0. The minimum Gasteiger partial charge on any atom is -0.245 e. The summed E-state index contributed by atoms with van der Waals surface area (Å²) < 4.78 is 0. The fraction of sp³-hybridized carbons (Fsp3) is 0. The van der Waals surface area contributed by atoms with Gasteiger partial charge in [-0.05, 0) is 0 Å². The molecule has 0 saturated heterocycles. The Labute approximate surface area is 102 Å². The Kier molecular flexibility index (Phi) is 235. The quantitative estimate of drug-likeness (QED) is 0.549. The van der Waals surface area contributed by atoms with Crippen LogP contribution >= 0.6 is 12.4 Å². The Morgan fingerprint density at radius 1 is 0.727 bits per heavy atom. The zero-order valence-corrected chi connectivity index (χ0v) is 11.9. The number of allylic oxidation sites excluding steroid dienone is 3. The Morgan fingerprint density at radius 2 is 0.727 bits per heavy atom. The van der Waals surface area contributed by atoms with Gasteiger partial charge in [-0.1, -0.05) is 0 Å². The van der Waals surface area contributed by atoms with E-state index in [1.54, 1.807) is 0 Å². The van der Waals surface area contributed by atoms with Crippen molar-refractivity contribution in [3.63, 3.8) is 0 Å². The van der Waals surface area contributed by atoms with Gasteiger partial charge in [-0.15, -0.1) is 12.4 Å². The molecule has 0 aromatic carbocycles. The average Bonchev–Trinajstić information content (AvgIpc) is 1.70. The monoisotopic (exact) mass is 397 g/mol. The van der Waals surface area contributed by atoms with E-state index in [0.29, 0.717) is 0 Å². The van der Waals surface area contributed by atoms with Crippen LogP contribution in [0.5, 0.6) is 0 Å². The molecule has 0 bridgehead atoms. The van der Waals surface area contributed by atoms with E-state index >= 15 is 0 Å². The summed E-state index contributed by atoms with van der Waals surface area (Å²) in [6.45, 7) is 19.5. The van der Waals surface area contributed by atoms with Crippen LogP contribution in [0.2, 0.25) is 0 Å². The van der Waals surface area contributed by atoms with E-state index in [1.165, 1.54) is 18.2 Å². The van der Waals surface area contributed by atoms with E-state index in [9.17, 15) is 0 Å². The van der Waals surface area contributed by atoms with Gasteiger partial charge in [0, 0.05) is 0 Å². The van der Waals surface area contributed by atoms with Crippen LogP contribution in [0.4, 0.5) is 0 Å². The molecule has 0 N–H and O–H groups in total. The van der Waals surface area contributed by atoms with Crippen molar-refractivity contribution in [1.82, 2.24) is 0 Å². The summed E-state index contributed by atoms with van der Waals surface area (Å²) in [7, 11) is 0. The standard InChI is InChI=1S/3C3H5.ClH.U/c3*1-3-2;;/h3*3H,1-2H2;1H;/q3*-1;;+3. The zero-order chi connectivity index (χ0) is 8.12. The Bertz CT molecular complexity index is 46.3. The predicted octanol–water partition coefficient (Wildman–Crippen LogP) is 3.44. The van der Waals surface area contributed by atoms with E-state index in [1.807, 2.05) is 0 Å². The van der Waals surface area contributed by atoms with Gasteiger partial charge in [0.25, 0.3) is 0 Å². The molecule has 0 amide bonds. The van der Waals surface area contributed by atoms with Crippen molar-refractivity contribution in [2.75, 3.05) is 0 Å². The van der Waals surface area contributed by atoms with Crippen molar-refractivity contribution >= 4 is 12.4 Å². The first-order valence-corrected chi connectivity index (χ1v) is 2.45. The van der Waals surface area contributed by atoms with Gasteiger partial charge in [0.2, 0.25) is 0 Å². The molecule has 0 aliphatic carbocycles. The smallest absolute Gasteiger partial charge is 0.245 e. The third-order valence-electron chi connectivity index (χ3n) is 0. The van der Waals surface area contributed by atoms with Gasteiger partial charge in [0.1, 0.15) is 0 Å². The van der Waals surface area contributed by atoms with Crippen molar-refractivity contribution in [3.8, 4) is 0 Å². The molecule has 0 rings (SSSR count). The van der Waals surface area contributed by atoms with Crippen molar-refractivity contribution in [1.29, 1.82) is 0 Å². The van der Waals surface area contributed by atoms with Crippen LogP contribution in [0.25, 0.3) is 0 Å². The molecule has 0 heterocycles. The molecule has 63 valence electrons. The van der Waals surface area contributed by atoms with Gasteiger partial charge in [0.05, 0.1) is 0 Å². The zero-order valence-electron chi connectivity index (χ0n) is 6.88. The molecule has 11 heavy (non-hydrogen) atoms. The molecule has 0 unspecified atom stereocenters. The molecule has 2 heteroatoms. The van der Waals surface area contributed by atoms with E-state index in [0.717, 1.165) is 0 Å². The van der Waals surface area contributed by atoms with Crippen LogP contribution in [0.3, 0.4) is 0 Å². The second-order valence-electron chi connectivity index (χ2n) is 0.866. The third-order valence-corrected chi connectivity index (χ3v) is 0. The van der Waals surface area contributed by atoms with Crippen LogP contribution in [0.1, 0.15) is 0 Å². The summed E-state index contributed by atoms with van der Waals surface area (Å²) in [6, 6.07) is 0. The van der Waals surface area contributed by atoms with Gasteiger partial charge >= 0.3 is 31.1 Å². The fourth-order valence-electron chi connectivity index (χ4n) is 0. The normalized spacial score (nSPS) is 3.27. The first kappa shape index (κ1) is 30.3. The van der Waals surface area contributed by atoms with Crippen molar-refractivity contribution in [3.05, 3.63) is 58.7 Å². The van der Waals surface area contributed by atoms with Crippen molar-refractivity contribution < 1.29 is 31.1 Å². The number of rotatable bonds is 0. The SMILES string of the molecule is C=C[CH2-].C=C[CH2-].C=C[CH2-].Cl.[U+3].